The molecule has 3 rings (SSSR count). The van der Waals surface area contributed by atoms with Gasteiger partial charge in [0.15, 0.2) is 0 Å². The second-order valence-electron chi connectivity index (χ2n) is 4.81. The largest absolute Gasteiger partial charge is 0.414 e. The van der Waals surface area contributed by atoms with E-state index in [0.717, 1.165) is 16.5 Å². The first-order valence-corrected chi connectivity index (χ1v) is 7.74. The van der Waals surface area contributed by atoms with Gasteiger partial charge in [0.2, 0.25) is 0 Å². The third-order valence-corrected chi connectivity index (χ3v) is 4.28. The number of aryl methyl sites for hydroxylation is 1. The normalized spacial score (nSPS) is 11.4. The van der Waals surface area contributed by atoms with Crippen LogP contribution >= 0.6 is 12.4 Å². The highest BCUT2D eigenvalue weighted by molar-refractivity contribution is 7.86. The van der Waals surface area contributed by atoms with E-state index in [0.29, 0.717) is 10.9 Å². The molecule has 0 saturated carbocycles. The van der Waals surface area contributed by atoms with Crippen LogP contribution in [0.5, 0.6) is 0 Å². The van der Waals surface area contributed by atoms with Crippen LogP contribution in [0.2, 0.25) is 0 Å². The maximum atomic E-state index is 12.3. The Balaban J connectivity index is 0.00000192. The minimum atomic E-state index is -4.56. The van der Waals surface area contributed by atoms with Crippen LogP contribution in [-0.2, 0) is 10.1 Å². The fourth-order valence-electron chi connectivity index (χ4n) is 2.37. The fourth-order valence-corrected chi connectivity index (χ4v) is 3.00. The van der Waals surface area contributed by atoms with E-state index >= 15 is 0 Å². The Bertz CT molecular complexity index is 1080. The maximum absolute atomic E-state index is 12.3. The number of rotatable bonds is 2. The summed E-state index contributed by atoms with van der Waals surface area (Å²) in [5, 5.41) is 0.745. The van der Waals surface area contributed by atoms with Crippen molar-refractivity contribution in [1.29, 1.82) is 0 Å². The van der Waals surface area contributed by atoms with E-state index < -0.39 is 20.6 Å². The summed E-state index contributed by atoms with van der Waals surface area (Å²) in [7, 11) is -3.34. The number of para-hydroxylation sites is 1. The Labute approximate surface area is 137 Å². The van der Waals surface area contributed by atoms with Crippen LogP contribution in [0, 0.1) is 6.92 Å². The summed E-state index contributed by atoms with van der Waals surface area (Å²) >= 11 is 0. The molecule has 0 bridgehead atoms. The number of benzene rings is 1. The average molecular weight is 357 g/mol. The van der Waals surface area contributed by atoms with Crippen molar-refractivity contribution < 1.29 is 17.8 Å². The van der Waals surface area contributed by atoms with Gasteiger partial charge in [-0.05, 0) is 18.6 Å². The lowest BCUT2D eigenvalue weighted by Crippen LogP contribution is -2.26. The molecule has 0 aliphatic heterocycles. The van der Waals surface area contributed by atoms with Gasteiger partial charge in [-0.3, -0.25) is 9.35 Å². The molecule has 0 spiro atoms. The van der Waals surface area contributed by atoms with Gasteiger partial charge in [0, 0.05) is 5.39 Å². The SMILES string of the molecule is COn1cc(S(=O)(=O)O)c2nc3c(C)cccc3cc2c1=O.Cl. The lowest BCUT2D eigenvalue weighted by Gasteiger charge is -2.10. The third kappa shape index (κ3) is 2.76. The Morgan fingerprint density at radius 3 is 2.57 bits per heavy atom. The van der Waals surface area contributed by atoms with Gasteiger partial charge in [0.05, 0.1) is 22.6 Å². The van der Waals surface area contributed by atoms with Crippen LogP contribution in [0.15, 0.2) is 40.2 Å². The zero-order chi connectivity index (χ0) is 16.1. The minimum absolute atomic E-state index is 0. The molecule has 0 atom stereocenters. The highest BCUT2D eigenvalue weighted by atomic mass is 35.5. The highest BCUT2D eigenvalue weighted by Gasteiger charge is 2.20. The summed E-state index contributed by atoms with van der Waals surface area (Å²) in [6, 6.07) is 6.94. The summed E-state index contributed by atoms with van der Waals surface area (Å²) in [6.07, 6.45) is 0.914. The van der Waals surface area contributed by atoms with Crippen LogP contribution in [0.4, 0.5) is 0 Å². The van der Waals surface area contributed by atoms with E-state index in [2.05, 4.69) is 4.98 Å². The van der Waals surface area contributed by atoms with Gasteiger partial charge in [0.25, 0.3) is 15.7 Å². The maximum Gasteiger partial charge on any atom is 0.298 e. The molecule has 1 aromatic carbocycles. The number of fused-ring (bicyclic) bond motifs is 2. The smallest absolute Gasteiger partial charge is 0.298 e. The molecule has 0 fully saturated rings. The second-order valence-corrected chi connectivity index (χ2v) is 6.20. The number of hydrogen-bond acceptors (Lipinski definition) is 5. The third-order valence-electron chi connectivity index (χ3n) is 3.42. The van der Waals surface area contributed by atoms with E-state index in [1.54, 1.807) is 6.07 Å². The Morgan fingerprint density at radius 1 is 1.26 bits per heavy atom. The first-order chi connectivity index (χ1) is 10.3. The van der Waals surface area contributed by atoms with E-state index in [4.69, 9.17) is 4.84 Å². The molecule has 23 heavy (non-hydrogen) atoms. The van der Waals surface area contributed by atoms with Gasteiger partial charge in [-0.25, -0.2) is 4.98 Å². The van der Waals surface area contributed by atoms with Crippen LogP contribution in [0.1, 0.15) is 5.56 Å². The van der Waals surface area contributed by atoms with Crippen molar-refractivity contribution in [3.63, 3.8) is 0 Å². The molecule has 0 amide bonds. The van der Waals surface area contributed by atoms with E-state index in [-0.39, 0.29) is 23.3 Å². The number of aromatic nitrogens is 2. The fraction of sp³-hybridized carbons (Fsp3) is 0.143. The molecule has 0 radical (unpaired) electrons. The van der Waals surface area contributed by atoms with E-state index in [9.17, 15) is 17.8 Å². The van der Waals surface area contributed by atoms with Crippen molar-refractivity contribution >= 4 is 44.3 Å². The monoisotopic (exact) mass is 356 g/mol. The number of hydrogen-bond donors (Lipinski definition) is 1. The van der Waals surface area contributed by atoms with Crippen molar-refractivity contribution in [2.75, 3.05) is 7.11 Å². The Hall–Kier alpha value is -2.16. The average Bonchev–Trinajstić information content (AvgIpc) is 2.46. The topological polar surface area (TPSA) is 98.5 Å². The zero-order valence-electron chi connectivity index (χ0n) is 12.2. The van der Waals surface area contributed by atoms with Gasteiger partial charge < -0.3 is 4.84 Å². The number of pyridine rings is 2. The molecule has 122 valence electrons. The van der Waals surface area contributed by atoms with Crippen LogP contribution in [0.3, 0.4) is 0 Å². The van der Waals surface area contributed by atoms with E-state index in [1.165, 1.54) is 13.2 Å². The molecule has 0 unspecified atom stereocenters. The number of halogens is 1. The molecule has 2 heterocycles. The van der Waals surface area contributed by atoms with E-state index in [1.807, 2.05) is 19.1 Å². The summed E-state index contributed by atoms with van der Waals surface area (Å²) in [4.78, 5) is 20.9. The Morgan fingerprint density at radius 2 is 1.96 bits per heavy atom. The summed E-state index contributed by atoms with van der Waals surface area (Å²) in [5.41, 5.74) is 0.759. The quantitative estimate of drug-likeness (QED) is 0.553. The first-order valence-electron chi connectivity index (χ1n) is 6.30. The molecular formula is C14H13ClN2O5S. The van der Waals surface area contributed by atoms with Gasteiger partial charge >= 0.3 is 0 Å². The summed E-state index contributed by atoms with van der Waals surface area (Å²) in [5.74, 6) is 0. The molecule has 0 aliphatic rings. The molecule has 7 nitrogen and oxygen atoms in total. The van der Waals surface area contributed by atoms with Crippen molar-refractivity contribution in [3.8, 4) is 0 Å². The van der Waals surface area contributed by atoms with Crippen LogP contribution in [0.25, 0.3) is 21.8 Å². The predicted octanol–water partition coefficient (Wildman–Crippen LogP) is 1.59. The minimum Gasteiger partial charge on any atom is -0.414 e. The van der Waals surface area contributed by atoms with Crippen molar-refractivity contribution in [3.05, 3.63) is 46.4 Å². The van der Waals surface area contributed by atoms with Gasteiger partial charge in [-0.15, -0.1) is 12.4 Å². The molecule has 3 aromatic rings. The van der Waals surface area contributed by atoms with Crippen molar-refractivity contribution in [1.82, 2.24) is 9.71 Å². The van der Waals surface area contributed by atoms with Crippen molar-refractivity contribution in [2.24, 2.45) is 0 Å². The molecule has 2 aromatic heterocycles. The van der Waals surface area contributed by atoms with Gasteiger partial charge in [0.1, 0.15) is 12.0 Å². The molecule has 0 aliphatic carbocycles. The summed E-state index contributed by atoms with van der Waals surface area (Å²) in [6.45, 7) is 1.82. The molecule has 1 N–H and O–H groups in total. The van der Waals surface area contributed by atoms with Crippen LogP contribution < -0.4 is 10.4 Å². The molecule has 0 saturated heterocycles. The number of nitrogens with zero attached hydrogens (tertiary/aromatic N) is 2. The second kappa shape index (κ2) is 5.80. The standard InChI is InChI=1S/C14H12N2O5S.ClH/c1-8-4-3-5-9-6-10-13(15-12(8)9)11(22(18,19)20)7-16(21-2)14(10)17;/h3-7H,1-2H3,(H,18,19,20);1H. The lowest BCUT2D eigenvalue weighted by atomic mass is 10.1. The van der Waals surface area contributed by atoms with Gasteiger partial charge in [-0.1, -0.05) is 18.2 Å². The highest BCUT2D eigenvalue weighted by Crippen LogP contribution is 2.24. The zero-order valence-corrected chi connectivity index (χ0v) is 13.8. The van der Waals surface area contributed by atoms with Crippen molar-refractivity contribution in [2.45, 2.75) is 11.8 Å². The summed E-state index contributed by atoms with van der Waals surface area (Å²) < 4.78 is 33.3. The van der Waals surface area contributed by atoms with Crippen LogP contribution in [-0.4, -0.2) is 29.8 Å². The molecular weight excluding hydrogens is 344 g/mol. The Kier molecular flexibility index (Phi) is 4.34. The lowest BCUT2D eigenvalue weighted by molar-refractivity contribution is 0.156. The predicted molar refractivity (Wildman–Crippen MR) is 87.8 cm³/mol. The molecule has 9 heteroatoms. The first kappa shape index (κ1) is 17.2. The van der Waals surface area contributed by atoms with Gasteiger partial charge in [-0.2, -0.15) is 13.1 Å².